The fraction of sp³-hybridized carbons (Fsp3) is 0.400. The van der Waals surface area contributed by atoms with Gasteiger partial charge in [0.1, 0.15) is 0 Å². The Morgan fingerprint density at radius 3 is 2.10 bits per heavy atom. The third-order valence-corrected chi connectivity index (χ3v) is 6.56. The summed E-state index contributed by atoms with van der Waals surface area (Å²) in [6.45, 7) is 5.43. The Morgan fingerprint density at radius 1 is 0.966 bits per heavy atom. The Morgan fingerprint density at radius 2 is 1.55 bits per heavy atom. The fourth-order valence-electron chi connectivity index (χ4n) is 3.33. The molecule has 2 aromatic carbocycles. The van der Waals surface area contributed by atoms with Crippen molar-refractivity contribution in [2.45, 2.75) is 24.0 Å². The van der Waals surface area contributed by atoms with Crippen molar-refractivity contribution < 1.29 is 21.6 Å². The van der Waals surface area contributed by atoms with Crippen LogP contribution in [0.5, 0.6) is 0 Å². The average Bonchev–Trinajstić information content (AvgIpc) is 2.72. The summed E-state index contributed by atoms with van der Waals surface area (Å²) in [6, 6.07) is 13.6. The predicted octanol–water partition coefficient (Wildman–Crippen LogP) is 3.19. The van der Waals surface area contributed by atoms with Crippen LogP contribution in [0.2, 0.25) is 0 Å². The maximum absolute atomic E-state index is 12.6. The van der Waals surface area contributed by atoms with Crippen LogP contribution in [-0.2, 0) is 16.2 Å². The molecule has 0 saturated carbocycles. The molecule has 29 heavy (non-hydrogen) atoms. The van der Waals surface area contributed by atoms with Crippen molar-refractivity contribution in [3.8, 4) is 0 Å². The number of para-hydroxylation sites is 1. The van der Waals surface area contributed by atoms with Crippen LogP contribution in [-0.4, -0.2) is 52.1 Å². The van der Waals surface area contributed by atoms with E-state index in [0.29, 0.717) is 0 Å². The highest BCUT2D eigenvalue weighted by atomic mass is 32.2. The van der Waals surface area contributed by atoms with Crippen LogP contribution in [0, 0.1) is 0 Å². The number of rotatable bonds is 6. The zero-order valence-corrected chi connectivity index (χ0v) is 16.9. The highest BCUT2D eigenvalue weighted by molar-refractivity contribution is 7.89. The van der Waals surface area contributed by atoms with E-state index in [1.807, 2.05) is 25.1 Å². The van der Waals surface area contributed by atoms with Crippen LogP contribution in [0.1, 0.15) is 12.5 Å². The number of anilines is 1. The summed E-state index contributed by atoms with van der Waals surface area (Å²) in [4.78, 5) is 4.32. The Kier molecular flexibility index (Phi) is 6.50. The zero-order chi connectivity index (χ0) is 21.1. The molecule has 1 aliphatic heterocycles. The van der Waals surface area contributed by atoms with Crippen molar-refractivity contribution in [3.63, 3.8) is 0 Å². The molecule has 2 aromatic rings. The van der Waals surface area contributed by atoms with Crippen molar-refractivity contribution in [2.24, 2.45) is 0 Å². The highest BCUT2D eigenvalue weighted by Crippen LogP contribution is 2.29. The van der Waals surface area contributed by atoms with Gasteiger partial charge in [-0.25, -0.2) is 13.1 Å². The number of halogens is 3. The standard InChI is InChI=1S/C20H24F3N3O2S/c1-16(25-11-13-26(14-12-25)18-5-3-2-4-6-18)15-24-29(27,28)19-9-7-17(8-10-19)20(21,22)23/h2-10,16,24H,11-15H2,1H3. The van der Waals surface area contributed by atoms with Gasteiger partial charge >= 0.3 is 6.18 Å². The van der Waals surface area contributed by atoms with E-state index in [4.69, 9.17) is 0 Å². The second-order valence-electron chi connectivity index (χ2n) is 7.08. The molecule has 1 heterocycles. The Bertz CT molecular complexity index is 895. The molecular formula is C20H24F3N3O2S. The molecule has 1 atom stereocenters. The van der Waals surface area contributed by atoms with Crippen LogP contribution in [0.15, 0.2) is 59.5 Å². The minimum atomic E-state index is -4.49. The third kappa shape index (κ3) is 5.49. The zero-order valence-electron chi connectivity index (χ0n) is 16.1. The van der Waals surface area contributed by atoms with Gasteiger partial charge in [-0.05, 0) is 43.3 Å². The van der Waals surface area contributed by atoms with Crippen LogP contribution < -0.4 is 9.62 Å². The molecule has 1 N–H and O–H groups in total. The molecule has 3 rings (SSSR count). The largest absolute Gasteiger partial charge is 0.416 e. The second kappa shape index (κ2) is 8.73. The van der Waals surface area contributed by atoms with Crippen molar-refractivity contribution in [1.29, 1.82) is 0 Å². The molecule has 0 radical (unpaired) electrons. The topological polar surface area (TPSA) is 52.7 Å². The summed E-state index contributed by atoms with van der Waals surface area (Å²) in [6.07, 6.45) is -4.49. The lowest BCUT2D eigenvalue weighted by Gasteiger charge is -2.39. The van der Waals surface area contributed by atoms with E-state index in [1.54, 1.807) is 0 Å². The normalized spacial score (nSPS) is 17.3. The Labute approximate surface area is 169 Å². The van der Waals surface area contributed by atoms with Gasteiger partial charge in [0.15, 0.2) is 0 Å². The minimum Gasteiger partial charge on any atom is -0.369 e. The summed E-state index contributed by atoms with van der Waals surface area (Å²) in [5.74, 6) is 0. The van der Waals surface area contributed by atoms with Crippen LogP contribution in [0.25, 0.3) is 0 Å². The molecule has 1 unspecified atom stereocenters. The van der Waals surface area contributed by atoms with E-state index in [2.05, 4.69) is 26.7 Å². The van der Waals surface area contributed by atoms with Gasteiger partial charge < -0.3 is 4.90 Å². The summed E-state index contributed by atoms with van der Waals surface area (Å²) in [5.41, 5.74) is 0.295. The van der Waals surface area contributed by atoms with Crippen LogP contribution in [0.3, 0.4) is 0 Å². The fourth-order valence-corrected chi connectivity index (χ4v) is 4.45. The van der Waals surface area contributed by atoms with Crippen LogP contribution in [0.4, 0.5) is 18.9 Å². The van der Waals surface area contributed by atoms with Gasteiger partial charge in [-0.3, -0.25) is 4.90 Å². The summed E-state index contributed by atoms with van der Waals surface area (Å²) in [7, 11) is -3.86. The first kappa shape index (κ1) is 21.6. The summed E-state index contributed by atoms with van der Waals surface area (Å²) < 4.78 is 65.2. The maximum atomic E-state index is 12.6. The van der Waals surface area contributed by atoms with Gasteiger partial charge in [0.25, 0.3) is 0 Å². The van der Waals surface area contributed by atoms with Crippen molar-refractivity contribution in [3.05, 3.63) is 60.2 Å². The molecule has 0 aliphatic carbocycles. The van der Waals surface area contributed by atoms with Gasteiger partial charge in [-0.2, -0.15) is 13.2 Å². The molecule has 0 bridgehead atoms. The minimum absolute atomic E-state index is 0.0304. The maximum Gasteiger partial charge on any atom is 0.416 e. The molecule has 9 heteroatoms. The van der Waals surface area contributed by atoms with Gasteiger partial charge in [-0.15, -0.1) is 0 Å². The lowest BCUT2D eigenvalue weighted by molar-refractivity contribution is -0.137. The van der Waals surface area contributed by atoms with E-state index in [-0.39, 0.29) is 17.5 Å². The van der Waals surface area contributed by atoms with Gasteiger partial charge in [0, 0.05) is 44.5 Å². The SMILES string of the molecule is CC(CNS(=O)(=O)c1ccc(C(F)(F)F)cc1)N1CCN(c2ccccc2)CC1. The van der Waals surface area contributed by atoms with Crippen LogP contribution >= 0.6 is 0 Å². The van der Waals surface area contributed by atoms with Crippen molar-refractivity contribution >= 4 is 15.7 Å². The molecule has 5 nitrogen and oxygen atoms in total. The smallest absolute Gasteiger partial charge is 0.369 e. The lowest BCUT2D eigenvalue weighted by atomic mass is 10.2. The lowest BCUT2D eigenvalue weighted by Crippen LogP contribution is -2.52. The molecule has 1 fully saturated rings. The third-order valence-electron chi connectivity index (χ3n) is 5.12. The first-order valence-corrected chi connectivity index (χ1v) is 10.9. The van der Waals surface area contributed by atoms with Crippen molar-refractivity contribution in [1.82, 2.24) is 9.62 Å². The quantitative estimate of drug-likeness (QED) is 0.769. The molecule has 0 spiro atoms. The molecule has 158 valence electrons. The molecule has 1 aliphatic rings. The predicted molar refractivity (Wildman–Crippen MR) is 106 cm³/mol. The highest BCUT2D eigenvalue weighted by Gasteiger charge is 2.30. The summed E-state index contributed by atoms with van der Waals surface area (Å²) in [5, 5.41) is 0. The van der Waals surface area contributed by atoms with E-state index in [0.717, 1.165) is 50.4 Å². The second-order valence-corrected chi connectivity index (χ2v) is 8.85. The number of hydrogen-bond donors (Lipinski definition) is 1. The van der Waals surface area contributed by atoms with Crippen molar-refractivity contribution in [2.75, 3.05) is 37.6 Å². The van der Waals surface area contributed by atoms with E-state index in [9.17, 15) is 21.6 Å². The Balaban J connectivity index is 1.53. The number of nitrogens with zero attached hydrogens (tertiary/aromatic N) is 2. The summed E-state index contributed by atoms with van der Waals surface area (Å²) >= 11 is 0. The van der Waals surface area contributed by atoms with Gasteiger partial charge in [0.2, 0.25) is 10.0 Å². The Hall–Kier alpha value is -2.10. The van der Waals surface area contributed by atoms with Gasteiger partial charge in [0.05, 0.1) is 10.5 Å². The number of hydrogen-bond acceptors (Lipinski definition) is 4. The number of nitrogens with one attached hydrogen (secondary N) is 1. The first-order valence-electron chi connectivity index (χ1n) is 9.38. The number of alkyl halides is 3. The molecule has 1 saturated heterocycles. The van der Waals surface area contributed by atoms with E-state index < -0.39 is 21.8 Å². The number of sulfonamides is 1. The number of piperazine rings is 1. The number of benzene rings is 2. The monoisotopic (exact) mass is 427 g/mol. The van der Waals surface area contributed by atoms with E-state index in [1.165, 1.54) is 5.69 Å². The molecular weight excluding hydrogens is 403 g/mol. The molecule has 0 aromatic heterocycles. The molecule has 0 amide bonds. The first-order chi connectivity index (χ1) is 13.7. The van der Waals surface area contributed by atoms with Gasteiger partial charge in [-0.1, -0.05) is 18.2 Å². The average molecular weight is 427 g/mol. The van der Waals surface area contributed by atoms with E-state index >= 15 is 0 Å².